The van der Waals surface area contributed by atoms with Crippen molar-refractivity contribution in [2.45, 2.75) is 36.6 Å². The lowest BCUT2D eigenvalue weighted by molar-refractivity contribution is -0.278. The SMILES string of the molecule is O=C(NCC(F)(F)C(F)(F)F)NC(Cc1ccccc1)(c1ccc(F)cc1)c1cc(F)cc(OC(F)(F)C(F)F)c1. The Morgan fingerprint density at radius 2 is 1.39 bits per heavy atom. The molecule has 3 aromatic carbocycles. The fourth-order valence-corrected chi connectivity index (χ4v) is 3.80. The van der Waals surface area contributed by atoms with E-state index in [1.54, 1.807) is 6.07 Å². The van der Waals surface area contributed by atoms with E-state index in [1.165, 1.54) is 29.6 Å². The first kappa shape index (κ1) is 31.5. The van der Waals surface area contributed by atoms with Crippen LogP contribution in [0.5, 0.6) is 5.75 Å². The van der Waals surface area contributed by atoms with Gasteiger partial charge in [0, 0.05) is 12.5 Å². The molecule has 0 spiro atoms. The van der Waals surface area contributed by atoms with Gasteiger partial charge in [-0.05, 0) is 41.0 Å². The number of carbonyl (C=O) groups excluding carboxylic acids is 1. The molecule has 1 unspecified atom stereocenters. The van der Waals surface area contributed by atoms with Gasteiger partial charge in [-0.2, -0.15) is 39.5 Å². The van der Waals surface area contributed by atoms with Crippen LogP contribution in [0.15, 0.2) is 72.8 Å². The Balaban J connectivity index is 2.19. The molecule has 0 saturated heterocycles. The zero-order valence-corrected chi connectivity index (χ0v) is 20.4. The van der Waals surface area contributed by atoms with Gasteiger partial charge in [-0.15, -0.1) is 0 Å². The number of carbonyl (C=O) groups is 1. The Morgan fingerprint density at radius 1 is 0.780 bits per heavy atom. The molecule has 3 rings (SSSR count). The molecule has 3 aromatic rings. The highest BCUT2D eigenvalue weighted by Gasteiger charge is 2.57. The predicted octanol–water partition coefficient (Wildman–Crippen LogP) is 7.18. The van der Waals surface area contributed by atoms with E-state index in [1.807, 2.05) is 0 Å². The normalized spacial score (nSPS) is 14.0. The first-order valence-corrected chi connectivity index (χ1v) is 11.4. The van der Waals surface area contributed by atoms with Crippen LogP contribution in [0, 0.1) is 11.6 Å². The van der Waals surface area contributed by atoms with Crippen molar-refractivity contribution in [3.63, 3.8) is 0 Å². The van der Waals surface area contributed by atoms with Crippen LogP contribution in [0.4, 0.5) is 53.1 Å². The third-order valence-electron chi connectivity index (χ3n) is 5.73. The van der Waals surface area contributed by atoms with Gasteiger partial charge in [0.15, 0.2) is 0 Å². The predicted molar refractivity (Wildman–Crippen MR) is 123 cm³/mol. The summed E-state index contributed by atoms with van der Waals surface area (Å²) in [5.41, 5.74) is -2.50. The molecule has 0 aliphatic rings. The van der Waals surface area contributed by atoms with Crippen LogP contribution in [0.1, 0.15) is 16.7 Å². The van der Waals surface area contributed by atoms with Crippen LogP contribution < -0.4 is 15.4 Å². The molecule has 222 valence electrons. The number of rotatable bonds is 10. The van der Waals surface area contributed by atoms with Crippen LogP contribution in [0.2, 0.25) is 0 Å². The number of alkyl halides is 9. The number of halogens is 11. The van der Waals surface area contributed by atoms with Gasteiger partial charge in [-0.25, -0.2) is 13.6 Å². The van der Waals surface area contributed by atoms with Crippen molar-refractivity contribution in [3.8, 4) is 5.75 Å². The van der Waals surface area contributed by atoms with Gasteiger partial charge in [-0.3, -0.25) is 0 Å². The zero-order valence-electron chi connectivity index (χ0n) is 20.4. The minimum Gasteiger partial charge on any atom is -0.428 e. The number of hydrogen-bond acceptors (Lipinski definition) is 2. The van der Waals surface area contributed by atoms with Crippen molar-refractivity contribution in [2.75, 3.05) is 6.54 Å². The number of nitrogens with one attached hydrogen (secondary N) is 2. The second-order valence-corrected chi connectivity index (χ2v) is 8.72. The summed E-state index contributed by atoms with van der Waals surface area (Å²) < 4.78 is 150. The quantitative estimate of drug-likeness (QED) is 0.242. The van der Waals surface area contributed by atoms with Crippen molar-refractivity contribution in [3.05, 3.63) is 101 Å². The second-order valence-electron chi connectivity index (χ2n) is 8.72. The van der Waals surface area contributed by atoms with Crippen LogP contribution in [0.25, 0.3) is 0 Å². The van der Waals surface area contributed by atoms with Gasteiger partial charge in [-0.1, -0.05) is 42.5 Å². The number of benzene rings is 3. The van der Waals surface area contributed by atoms with E-state index in [9.17, 15) is 53.1 Å². The molecular weight excluding hydrogens is 581 g/mol. The Bertz CT molecular complexity index is 1330. The largest absolute Gasteiger partial charge is 0.461 e. The number of ether oxygens (including phenoxy) is 1. The Morgan fingerprint density at radius 3 is 1.95 bits per heavy atom. The van der Waals surface area contributed by atoms with Crippen molar-refractivity contribution in [1.29, 1.82) is 0 Å². The monoisotopic (exact) mass is 600 g/mol. The van der Waals surface area contributed by atoms with Crippen molar-refractivity contribution >= 4 is 6.03 Å². The Kier molecular flexibility index (Phi) is 9.08. The average Bonchev–Trinajstić information content (AvgIpc) is 2.87. The summed E-state index contributed by atoms with van der Waals surface area (Å²) in [6.45, 7) is -2.22. The summed E-state index contributed by atoms with van der Waals surface area (Å²) in [4.78, 5) is 12.8. The highest BCUT2D eigenvalue weighted by molar-refractivity contribution is 5.76. The smallest absolute Gasteiger partial charge is 0.428 e. The number of amides is 2. The molecule has 0 fully saturated rings. The minimum absolute atomic E-state index is 0.127. The van der Waals surface area contributed by atoms with Crippen molar-refractivity contribution in [1.82, 2.24) is 10.6 Å². The molecule has 4 nitrogen and oxygen atoms in total. The molecule has 2 N–H and O–H groups in total. The molecule has 2 amide bonds. The van der Waals surface area contributed by atoms with E-state index < -0.39 is 72.1 Å². The number of hydrogen-bond donors (Lipinski definition) is 2. The van der Waals surface area contributed by atoms with Gasteiger partial charge >= 0.3 is 30.7 Å². The minimum atomic E-state index is -6.02. The lowest BCUT2D eigenvalue weighted by Crippen LogP contribution is -2.55. The highest BCUT2D eigenvalue weighted by Crippen LogP contribution is 2.38. The maximum absolute atomic E-state index is 14.7. The van der Waals surface area contributed by atoms with Crippen molar-refractivity contribution in [2.24, 2.45) is 0 Å². The van der Waals surface area contributed by atoms with Crippen LogP contribution in [-0.2, 0) is 12.0 Å². The fraction of sp³-hybridized carbons (Fsp3) is 0.269. The third kappa shape index (κ3) is 7.58. The summed E-state index contributed by atoms with van der Waals surface area (Å²) in [7, 11) is 0. The molecule has 0 aliphatic heterocycles. The van der Waals surface area contributed by atoms with Gasteiger partial charge in [0.05, 0.1) is 12.1 Å². The maximum atomic E-state index is 14.7. The maximum Gasteiger partial charge on any atom is 0.461 e. The van der Waals surface area contributed by atoms with E-state index in [0.29, 0.717) is 23.8 Å². The van der Waals surface area contributed by atoms with Crippen LogP contribution in [-0.4, -0.2) is 37.2 Å². The van der Waals surface area contributed by atoms with Crippen molar-refractivity contribution < 1.29 is 57.8 Å². The lowest BCUT2D eigenvalue weighted by atomic mass is 9.77. The van der Waals surface area contributed by atoms with Gasteiger partial charge < -0.3 is 15.4 Å². The molecule has 0 bridgehead atoms. The molecule has 0 radical (unpaired) electrons. The Labute approximate surface area is 225 Å². The van der Waals surface area contributed by atoms with Gasteiger partial charge in [0.1, 0.15) is 17.4 Å². The summed E-state index contributed by atoms with van der Waals surface area (Å²) in [6, 6.07) is 11.3. The summed E-state index contributed by atoms with van der Waals surface area (Å²) >= 11 is 0. The lowest BCUT2D eigenvalue weighted by Gasteiger charge is -2.37. The fourth-order valence-electron chi connectivity index (χ4n) is 3.80. The first-order chi connectivity index (χ1) is 18.9. The first-order valence-electron chi connectivity index (χ1n) is 11.4. The van der Waals surface area contributed by atoms with Crippen LogP contribution >= 0.6 is 0 Å². The zero-order chi connectivity index (χ0) is 30.6. The molecule has 0 aliphatic carbocycles. The molecular formula is C26H19F11N2O2. The van der Waals surface area contributed by atoms with E-state index in [-0.39, 0.29) is 5.56 Å². The van der Waals surface area contributed by atoms with E-state index in [4.69, 9.17) is 0 Å². The van der Waals surface area contributed by atoms with E-state index in [0.717, 1.165) is 24.3 Å². The van der Waals surface area contributed by atoms with Gasteiger partial charge in [0.2, 0.25) is 0 Å². The topological polar surface area (TPSA) is 50.4 Å². The average molecular weight is 600 g/mol. The molecule has 15 heteroatoms. The summed E-state index contributed by atoms with van der Waals surface area (Å²) in [6.07, 6.45) is -15.9. The summed E-state index contributed by atoms with van der Waals surface area (Å²) in [5, 5.41) is 3.53. The highest BCUT2D eigenvalue weighted by atomic mass is 19.4. The summed E-state index contributed by atoms with van der Waals surface area (Å²) in [5.74, 6) is -8.65. The molecule has 41 heavy (non-hydrogen) atoms. The molecule has 0 heterocycles. The Hall–Kier alpha value is -4.04. The third-order valence-corrected chi connectivity index (χ3v) is 5.73. The standard InChI is InChI=1S/C26H19F11N2O2/c27-18-8-6-16(7-9-18)23(13-15-4-2-1-3-5-15,39-22(40)38-14-24(31,32)26(35,36)37)17-10-19(28)12-20(11-17)41-25(33,34)21(29)30/h1-12,21H,13-14H2,(H2,38,39,40). The molecule has 0 saturated carbocycles. The molecule has 1 atom stereocenters. The molecule has 0 aromatic heterocycles. The van der Waals surface area contributed by atoms with E-state index >= 15 is 0 Å². The second kappa shape index (κ2) is 11.8. The van der Waals surface area contributed by atoms with Crippen LogP contribution in [0.3, 0.4) is 0 Å². The van der Waals surface area contributed by atoms with E-state index in [2.05, 4.69) is 10.1 Å². The van der Waals surface area contributed by atoms with Gasteiger partial charge in [0.25, 0.3) is 0 Å². The number of urea groups is 1.